The number of ketones is 1. The van der Waals surface area contributed by atoms with Crippen LogP contribution in [0.2, 0.25) is 0 Å². The van der Waals surface area contributed by atoms with E-state index in [9.17, 15) is 19.2 Å². The third-order valence-corrected chi connectivity index (χ3v) is 9.68. The van der Waals surface area contributed by atoms with Gasteiger partial charge in [-0.1, -0.05) is 0 Å². The molecule has 4 aliphatic rings. The first-order valence-corrected chi connectivity index (χ1v) is 16.4. The summed E-state index contributed by atoms with van der Waals surface area (Å²) >= 11 is 0. The van der Waals surface area contributed by atoms with Crippen molar-refractivity contribution in [3.05, 3.63) is 60.3 Å². The van der Waals surface area contributed by atoms with Crippen LogP contribution in [-0.4, -0.2) is 108 Å². The summed E-state index contributed by atoms with van der Waals surface area (Å²) in [5.41, 5.74) is 2.86. The molecule has 48 heavy (non-hydrogen) atoms. The molecule has 2 aromatic carbocycles. The molecule has 4 fully saturated rings. The van der Waals surface area contributed by atoms with Gasteiger partial charge in [0.05, 0.1) is 31.4 Å². The van der Waals surface area contributed by atoms with Gasteiger partial charge in [0.1, 0.15) is 23.7 Å². The van der Waals surface area contributed by atoms with Gasteiger partial charge in [-0.3, -0.25) is 14.5 Å². The molecule has 3 saturated heterocycles. The first-order valence-electron chi connectivity index (χ1n) is 16.4. The van der Waals surface area contributed by atoms with Gasteiger partial charge in [0.15, 0.2) is 24.0 Å². The van der Waals surface area contributed by atoms with Gasteiger partial charge in [0, 0.05) is 74.6 Å². The van der Waals surface area contributed by atoms with Crippen molar-refractivity contribution >= 4 is 28.9 Å². The molecule has 3 aromatic rings. The van der Waals surface area contributed by atoms with Crippen molar-refractivity contribution in [2.45, 2.75) is 43.8 Å². The lowest BCUT2D eigenvalue weighted by Gasteiger charge is -2.43. The molecule has 1 aromatic heterocycles. The van der Waals surface area contributed by atoms with Crippen LogP contribution in [0.1, 0.15) is 24.8 Å². The van der Waals surface area contributed by atoms with E-state index < -0.39 is 36.1 Å². The Morgan fingerprint density at radius 2 is 1.83 bits per heavy atom. The van der Waals surface area contributed by atoms with Crippen molar-refractivity contribution in [3.8, 4) is 23.2 Å². The number of likely N-dealkylation sites (tertiary alicyclic amines) is 1. The molecule has 3 aliphatic heterocycles. The van der Waals surface area contributed by atoms with Gasteiger partial charge in [-0.25, -0.2) is 18.7 Å². The normalized spacial score (nSPS) is 25.0. The van der Waals surface area contributed by atoms with Crippen molar-refractivity contribution in [2.24, 2.45) is 5.92 Å². The zero-order valence-corrected chi connectivity index (χ0v) is 26.4. The fourth-order valence-corrected chi connectivity index (χ4v) is 6.77. The number of aromatic nitrogens is 2. The number of rotatable bonds is 8. The second-order valence-corrected chi connectivity index (χ2v) is 12.8. The molecule has 11 nitrogen and oxygen atoms in total. The van der Waals surface area contributed by atoms with Crippen molar-refractivity contribution in [2.75, 3.05) is 62.7 Å². The highest BCUT2D eigenvalue weighted by Gasteiger charge is 2.41. The lowest BCUT2D eigenvalue weighted by atomic mass is 10.0. The van der Waals surface area contributed by atoms with E-state index in [2.05, 4.69) is 43.3 Å². The molecule has 250 valence electrons. The number of piperidine rings is 1. The maximum Gasteiger partial charge on any atom is 0.226 e. The summed E-state index contributed by atoms with van der Waals surface area (Å²) in [6.45, 7) is 5.72. The van der Waals surface area contributed by atoms with Crippen molar-refractivity contribution in [1.82, 2.24) is 19.8 Å². The molecule has 0 spiro atoms. The van der Waals surface area contributed by atoms with Crippen LogP contribution in [0.3, 0.4) is 0 Å². The minimum atomic E-state index is -1.63. The average molecular weight is 658 g/mol. The number of carbonyl (C=O) groups is 2. The highest BCUT2D eigenvalue weighted by molar-refractivity contribution is 5.93. The number of carbonyl (C=O) groups excluding carboxylic acids is 2. The maximum absolute atomic E-state index is 15.2. The van der Waals surface area contributed by atoms with Crippen LogP contribution in [0.25, 0.3) is 11.4 Å². The molecule has 1 N–H and O–H groups in total. The fraction of sp³-hybridized carbons (Fsp3) is 0.457. The average Bonchev–Trinajstić information content (AvgIpc) is 3.43. The van der Waals surface area contributed by atoms with Gasteiger partial charge in [-0.2, -0.15) is 5.26 Å². The Hall–Kier alpha value is -4.67. The molecule has 13 heteroatoms. The molecule has 4 heterocycles. The summed E-state index contributed by atoms with van der Waals surface area (Å²) in [6, 6.07) is 17.6. The Labute approximate surface area is 277 Å². The third-order valence-electron chi connectivity index (χ3n) is 9.68. The molecule has 0 radical (unpaired) electrons. The zero-order chi connectivity index (χ0) is 33.2. The number of hydrogen-bond acceptors (Lipinski definition) is 10. The first-order chi connectivity index (χ1) is 23.3. The number of nitrogens with zero attached hydrogens (tertiary/aromatic N) is 6. The van der Waals surface area contributed by atoms with Crippen LogP contribution in [0.5, 0.6) is 5.75 Å². The Morgan fingerprint density at radius 3 is 2.50 bits per heavy atom. The van der Waals surface area contributed by atoms with E-state index in [1.807, 2.05) is 12.1 Å². The van der Waals surface area contributed by atoms with Crippen LogP contribution < -0.4 is 15.0 Å². The van der Waals surface area contributed by atoms with E-state index in [4.69, 9.17) is 9.47 Å². The highest BCUT2D eigenvalue weighted by Crippen LogP contribution is 2.31. The number of alkyl halides is 2. The van der Waals surface area contributed by atoms with E-state index in [0.29, 0.717) is 23.2 Å². The van der Waals surface area contributed by atoms with E-state index in [1.54, 1.807) is 30.5 Å². The van der Waals surface area contributed by atoms with Gasteiger partial charge in [-0.15, -0.1) is 0 Å². The van der Waals surface area contributed by atoms with Crippen LogP contribution in [0, 0.1) is 17.2 Å². The second-order valence-electron chi connectivity index (χ2n) is 12.8. The van der Waals surface area contributed by atoms with Crippen molar-refractivity contribution in [1.29, 1.82) is 5.26 Å². The molecule has 1 amide bonds. The summed E-state index contributed by atoms with van der Waals surface area (Å²) in [4.78, 5) is 39.6. The molecular weight excluding hydrogens is 620 g/mol. The number of amides is 1. The van der Waals surface area contributed by atoms with Gasteiger partial charge in [0.25, 0.3) is 0 Å². The van der Waals surface area contributed by atoms with Gasteiger partial charge in [0.2, 0.25) is 5.91 Å². The van der Waals surface area contributed by atoms with E-state index >= 15 is 4.39 Å². The largest absolute Gasteiger partial charge is 0.486 e. The SMILES string of the molecule is N#Cc1cc(-c2nccc(Nc3ccc(N4CCN(C5COC5)CC4)cc3)n2)ccc1O[C@H]1CCN(C(=O)[C@H]2CC(=O)[C@H](F)C2)C[C@H]1F. The van der Waals surface area contributed by atoms with E-state index in [0.717, 1.165) is 45.1 Å². The number of halogens is 2. The second kappa shape index (κ2) is 13.8. The fourth-order valence-electron chi connectivity index (χ4n) is 6.77. The number of hydrogen-bond donors (Lipinski definition) is 1. The quantitative estimate of drug-likeness (QED) is 0.382. The van der Waals surface area contributed by atoms with Gasteiger partial charge < -0.3 is 24.6 Å². The molecular formula is C35H37F2N7O4. The Kier molecular flexibility index (Phi) is 9.19. The smallest absolute Gasteiger partial charge is 0.226 e. The number of ether oxygens (including phenoxy) is 2. The summed E-state index contributed by atoms with van der Waals surface area (Å²) < 4.78 is 40.1. The van der Waals surface area contributed by atoms with Crippen LogP contribution in [0.15, 0.2) is 54.7 Å². The molecule has 7 rings (SSSR count). The molecule has 0 bridgehead atoms. The van der Waals surface area contributed by atoms with Gasteiger partial charge >= 0.3 is 0 Å². The first kappa shape index (κ1) is 31.9. The van der Waals surface area contributed by atoms with Crippen LogP contribution >= 0.6 is 0 Å². The Balaban J connectivity index is 0.953. The lowest BCUT2D eigenvalue weighted by Crippen LogP contribution is -2.56. The standard InChI is InChI=1S/C35H37F2N7O4/c36-28-16-23(17-30(28)45)35(46)44-10-8-32(29(37)19-44)48-31-6-1-22(15-24(31)18-38)34-39-9-7-33(41-34)40-25-2-4-26(5-3-25)42-11-13-43(14-12-42)27-20-47-21-27/h1-7,9,15,23,27-29,32H,8,10-14,16-17,19-21H2,(H,39,40,41)/t23-,28-,29-,32+/m1/s1. The minimum Gasteiger partial charge on any atom is -0.486 e. The molecule has 1 saturated carbocycles. The number of nitrogens with one attached hydrogen (secondary N) is 1. The Bertz CT molecular complexity index is 1690. The predicted molar refractivity (Wildman–Crippen MR) is 173 cm³/mol. The van der Waals surface area contributed by atoms with Crippen molar-refractivity contribution < 1.29 is 27.8 Å². The number of nitriles is 1. The summed E-state index contributed by atoms with van der Waals surface area (Å²) in [5.74, 6) is -0.488. The minimum absolute atomic E-state index is 0.142. The van der Waals surface area contributed by atoms with Crippen LogP contribution in [-0.2, 0) is 14.3 Å². The van der Waals surface area contributed by atoms with Gasteiger partial charge in [-0.05, 0) is 55.0 Å². The van der Waals surface area contributed by atoms with Crippen molar-refractivity contribution in [3.63, 3.8) is 0 Å². The topological polar surface area (TPSA) is 124 Å². The Morgan fingerprint density at radius 1 is 1.04 bits per heavy atom. The number of anilines is 3. The summed E-state index contributed by atoms with van der Waals surface area (Å²) in [6.07, 6.45) is -2.45. The number of piperazine rings is 1. The lowest BCUT2D eigenvalue weighted by molar-refractivity contribution is -0.139. The maximum atomic E-state index is 15.2. The number of benzene rings is 2. The molecule has 4 atom stereocenters. The third kappa shape index (κ3) is 6.81. The summed E-state index contributed by atoms with van der Waals surface area (Å²) in [5, 5.41) is 13.2. The molecule has 0 unspecified atom stereocenters. The number of Topliss-reactive ketones (excluding diaryl/α,β-unsaturated/α-hetero) is 1. The van der Waals surface area contributed by atoms with Crippen LogP contribution in [0.4, 0.5) is 26.0 Å². The van der Waals surface area contributed by atoms with E-state index in [-0.39, 0.29) is 43.7 Å². The summed E-state index contributed by atoms with van der Waals surface area (Å²) in [7, 11) is 0. The monoisotopic (exact) mass is 657 g/mol. The highest BCUT2D eigenvalue weighted by atomic mass is 19.1. The zero-order valence-electron chi connectivity index (χ0n) is 26.4. The predicted octanol–water partition coefficient (Wildman–Crippen LogP) is 3.91. The molecule has 1 aliphatic carbocycles. The van der Waals surface area contributed by atoms with E-state index in [1.165, 1.54) is 10.6 Å².